The van der Waals surface area contributed by atoms with Crippen LogP contribution in [-0.4, -0.2) is 37.2 Å². The molecule has 3 heterocycles. The summed E-state index contributed by atoms with van der Waals surface area (Å²) in [4.78, 5) is 2.34. The van der Waals surface area contributed by atoms with Gasteiger partial charge < -0.3 is 9.64 Å². The smallest absolute Gasteiger partial charge is 0.0731 e. The summed E-state index contributed by atoms with van der Waals surface area (Å²) < 4.78 is 5.40. The molecule has 0 spiro atoms. The third-order valence-corrected chi connectivity index (χ3v) is 1.94. The number of hydrogen-bond donors (Lipinski definition) is 0. The van der Waals surface area contributed by atoms with Crippen molar-refractivity contribution in [2.45, 2.75) is 32.5 Å². The number of nitrogens with zero attached hydrogens (tertiary/aromatic N) is 1. The van der Waals surface area contributed by atoms with Gasteiger partial charge in [-0.1, -0.05) is 13.8 Å². The predicted octanol–water partition coefficient (Wildman–Crippen LogP) is 1.12. The van der Waals surface area contributed by atoms with Crippen LogP contribution in [0.3, 0.4) is 0 Å². The van der Waals surface area contributed by atoms with Gasteiger partial charge in [0.15, 0.2) is 0 Å². The molecule has 3 saturated heterocycles. The zero-order chi connectivity index (χ0) is 7.56. The zero-order valence-corrected chi connectivity index (χ0v) is 7.13. The van der Waals surface area contributed by atoms with E-state index < -0.39 is 0 Å². The van der Waals surface area contributed by atoms with Gasteiger partial charge in [-0.15, -0.1) is 0 Å². The molecule has 10 heavy (non-hydrogen) atoms. The van der Waals surface area contributed by atoms with Crippen molar-refractivity contribution >= 4 is 0 Å². The van der Waals surface area contributed by atoms with E-state index in [0.717, 1.165) is 13.1 Å². The van der Waals surface area contributed by atoms with Crippen LogP contribution in [0.5, 0.6) is 0 Å². The third-order valence-electron chi connectivity index (χ3n) is 1.94. The summed E-state index contributed by atoms with van der Waals surface area (Å²) >= 11 is 0. The summed E-state index contributed by atoms with van der Waals surface area (Å²) in [5.74, 6) is 0. The van der Waals surface area contributed by atoms with E-state index in [1.807, 2.05) is 13.8 Å². The molecule has 0 saturated carbocycles. The van der Waals surface area contributed by atoms with Crippen LogP contribution in [-0.2, 0) is 4.74 Å². The summed E-state index contributed by atoms with van der Waals surface area (Å²) in [5, 5.41) is 0. The number of ether oxygens (including phenoxy) is 1. The van der Waals surface area contributed by atoms with Crippen LogP contribution in [0, 0.1) is 0 Å². The quantitative estimate of drug-likeness (QED) is 0.504. The Morgan fingerprint density at radius 1 is 1.20 bits per heavy atom. The first-order chi connectivity index (χ1) is 4.84. The number of rotatable bonds is 0. The molecule has 0 N–H and O–H groups in total. The van der Waals surface area contributed by atoms with Gasteiger partial charge in [0, 0.05) is 19.5 Å². The Labute approximate surface area is 63.2 Å². The van der Waals surface area contributed by atoms with E-state index in [1.165, 1.54) is 6.42 Å². The van der Waals surface area contributed by atoms with Gasteiger partial charge in [-0.25, -0.2) is 0 Å². The van der Waals surface area contributed by atoms with Crippen molar-refractivity contribution in [2.75, 3.05) is 20.1 Å². The molecule has 0 aliphatic carbocycles. The van der Waals surface area contributed by atoms with Crippen molar-refractivity contribution in [2.24, 2.45) is 0 Å². The lowest BCUT2D eigenvalue weighted by atomic mass is 10.00. The lowest BCUT2D eigenvalue weighted by Crippen LogP contribution is -2.55. The highest BCUT2D eigenvalue weighted by Crippen LogP contribution is 2.26. The molecule has 3 fully saturated rings. The van der Waals surface area contributed by atoms with Crippen molar-refractivity contribution < 1.29 is 4.74 Å². The zero-order valence-electron chi connectivity index (χ0n) is 7.13. The largest absolute Gasteiger partial charge is 0.372 e. The Balaban J connectivity index is 0.000000231. The summed E-state index contributed by atoms with van der Waals surface area (Å²) in [6, 6.07) is 0. The molecule has 3 rings (SSSR count). The minimum absolute atomic E-state index is 0.582. The van der Waals surface area contributed by atoms with Gasteiger partial charge in [0.2, 0.25) is 0 Å². The van der Waals surface area contributed by atoms with Crippen LogP contribution in [0.2, 0.25) is 0 Å². The van der Waals surface area contributed by atoms with Gasteiger partial charge in [0.05, 0.1) is 12.2 Å². The van der Waals surface area contributed by atoms with Crippen LogP contribution in [0.15, 0.2) is 0 Å². The highest BCUT2D eigenvalue weighted by atomic mass is 16.5. The van der Waals surface area contributed by atoms with Crippen LogP contribution < -0.4 is 0 Å². The van der Waals surface area contributed by atoms with Gasteiger partial charge in [-0.2, -0.15) is 0 Å². The van der Waals surface area contributed by atoms with Crippen molar-refractivity contribution in [3.05, 3.63) is 0 Å². The lowest BCUT2D eigenvalue weighted by molar-refractivity contribution is -0.175. The first-order valence-corrected chi connectivity index (χ1v) is 4.18. The Morgan fingerprint density at radius 3 is 1.80 bits per heavy atom. The van der Waals surface area contributed by atoms with Crippen molar-refractivity contribution in [1.29, 1.82) is 0 Å². The molecule has 2 bridgehead atoms. The summed E-state index contributed by atoms with van der Waals surface area (Å²) in [6.07, 6.45) is 2.47. The van der Waals surface area contributed by atoms with Gasteiger partial charge in [0.1, 0.15) is 0 Å². The molecule has 0 amide bonds. The number of piperidine rings is 1. The average molecular weight is 143 g/mol. The van der Waals surface area contributed by atoms with Gasteiger partial charge >= 0.3 is 0 Å². The minimum Gasteiger partial charge on any atom is -0.372 e. The molecule has 3 aliphatic rings. The maximum atomic E-state index is 5.40. The fourth-order valence-corrected chi connectivity index (χ4v) is 1.56. The first-order valence-electron chi connectivity index (χ1n) is 4.18. The van der Waals surface area contributed by atoms with Crippen LogP contribution >= 0.6 is 0 Å². The number of likely N-dealkylation sites (N-methyl/N-ethyl adjacent to an activating group) is 1. The van der Waals surface area contributed by atoms with E-state index in [4.69, 9.17) is 4.74 Å². The van der Waals surface area contributed by atoms with Crippen LogP contribution in [0.25, 0.3) is 0 Å². The third kappa shape index (κ3) is 1.50. The molecule has 2 atom stereocenters. The molecular formula is C8H17NO. The summed E-state index contributed by atoms with van der Waals surface area (Å²) in [6.45, 7) is 6.30. The van der Waals surface area contributed by atoms with Gasteiger partial charge in [-0.05, 0) is 7.05 Å². The van der Waals surface area contributed by atoms with E-state index in [0.29, 0.717) is 12.2 Å². The lowest BCUT2D eigenvalue weighted by Gasteiger charge is -2.45. The van der Waals surface area contributed by atoms with Gasteiger partial charge in [-0.3, -0.25) is 0 Å². The molecule has 3 aliphatic heterocycles. The average Bonchev–Trinajstić information content (AvgIpc) is 1.90. The standard InChI is InChI=1S/C6H11NO.C2H6/c1-7-3-5-2-6(4-7)8-5;1-2/h5-6H,2-4H2,1H3;1-2H3. The van der Waals surface area contributed by atoms with Gasteiger partial charge in [0.25, 0.3) is 0 Å². The number of fused-ring (bicyclic) bond motifs is 2. The molecule has 60 valence electrons. The maximum absolute atomic E-state index is 5.40. The van der Waals surface area contributed by atoms with Crippen LogP contribution in [0.1, 0.15) is 20.3 Å². The van der Waals surface area contributed by atoms with Crippen molar-refractivity contribution in [1.82, 2.24) is 4.90 Å². The number of hydrogen-bond acceptors (Lipinski definition) is 2. The SMILES string of the molecule is CC.CN1CC2CC(C1)O2. The fourth-order valence-electron chi connectivity index (χ4n) is 1.56. The first kappa shape index (κ1) is 8.02. The van der Waals surface area contributed by atoms with Crippen molar-refractivity contribution in [3.63, 3.8) is 0 Å². The molecule has 0 aromatic carbocycles. The molecule has 0 aromatic heterocycles. The molecule has 2 nitrogen and oxygen atoms in total. The maximum Gasteiger partial charge on any atom is 0.0731 e. The second-order valence-electron chi connectivity index (χ2n) is 2.84. The Bertz CT molecular complexity index is 89.4. The molecule has 0 aromatic rings. The van der Waals surface area contributed by atoms with E-state index in [1.54, 1.807) is 0 Å². The highest BCUT2D eigenvalue weighted by molar-refractivity contribution is 4.87. The van der Waals surface area contributed by atoms with Crippen molar-refractivity contribution in [3.8, 4) is 0 Å². The fraction of sp³-hybridized carbons (Fsp3) is 1.00. The minimum atomic E-state index is 0.582. The van der Waals surface area contributed by atoms with E-state index in [9.17, 15) is 0 Å². The summed E-state index contributed by atoms with van der Waals surface area (Å²) in [7, 11) is 2.15. The monoisotopic (exact) mass is 143 g/mol. The second kappa shape index (κ2) is 3.35. The number of morpholine rings is 1. The topological polar surface area (TPSA) is 12.5 Å². The Morgan fingerprint density at radius 2 is 1.60 bits per heavy atom. The Kier molecular flexibility index (Phi) is 2.69. The van der Waals surface area contributed by atoms with Crippen LogP contribution in [0.4, 0.5) is 0 Å². The van der Waals surface area contributed by atoms with E-state index >= 15 is 0 Å². The normalized spacial score (nSPS) is 37.5. The van der Waals surface area contributed by atoms with E-state index in [-0.39, 0.29) is 0 Å². The second-order valence-corrected chi connectivity index (χ2v) is 2.84. The molecule has 2 heteroatoms. The molecule has 2 unspecified atom stereocenters. The Hall–Kier alpha value is -0.0800. The predicted molar refractivity (Wildman–Crippen MR) is 42.1 cm³/mol. The highest BCUT2D eigenvalue weighted by Gasteiger charge is 2.36. The summed E-state index contributed by atoms with van der Waals surface area (Å²) in [5.41, 5.74) is 0. The molecular weight excluding hydrogens is 126 g/mol. The van der Waals surface area contributed by atoms with E-state index in [2.05, 4.69) is 11.9 Å². The molecule has 0 radical (unpaired) electrons.